The van der Waals surface area contributed by atoms with Gasteiger partial charge in [-0.05, 0) is 73.5 Å². The molecule has 0 amide bonds. The lowest BCUT2D eigenvalue weighted by Crippen LogP contribution is -2.20. The molecule has 156 valence electrons. The average Bonchev–Trinajstić information content (AvgIpc) is 3.40. The molecule has 0 bridgehead atoms. The number of anilines is 2. The van der Waals surface area contributed by atoms with Gasteiger partial charge in [-0.2, -0.15) is 0 Å². The normalized spacial score (nSPS) is 15.7. The molecule has 5 nitrogen and oxygen atoms in total. The minimum atomic E-state index is -0.00720. The molecule has 1 aliphatic rings. The highest BCUT2D eigenvalue weighted by Gasteiger charge is 2.34. The summed E-state index contributed by atoms with van der Waals surface area (Å²) < 4.78 is 7.46. The fourth-order valence-electron chi connectivity index (χ4n) is 4.13. The van der Waals surface area contributed by atoms with Gasteiger partial charge in [0, 0.05) is 29.5 Å². The molecule has 2 aromatic heterocycles. The van der Waals surface area contributed by atoms with Gasteiger partial charge in [-0.15, -0.1) is 5.10 Å². The zero-order chi connectivity index (χ0) is 21.5. The molecule has 5 rings (SSSR count). The minimum absolute atomic E-state index is 0.00720. The molecule has 0 fully saturated rings. The summed E-state index contributed by atoms with van der Waals surface area (Å²) >= 11 is 6.09. The van der Waals surface area contributed by atoms with Crippen LogP contribution in [-0.2, 0) is 6.42 Å². The number of ketones is 1. The largest absolute Gasteiger partial charge is 0.469 e. The fourth-order valence-corrected chi connectivity index (χ4v) is 4.26. The Hall–Kier alpha value is -3.31. The van der Waals surface area contributed by atoms with Gasteiger partial charge in [0.25, 0.3) is 0 Å². The molecule has 6 heteroatoms. The van der Waals surface area contributed by atoms with Crippen molar-refractivity contribution in [1.29, 1.82) is 0 Å². The van der Waals surface area contributed by atoms with Crippen molar-refractivity contribution in [2.24, 2.45) is 0 Å². The summed E-state index contributed by atoms with van der Waals surface area (Å²) in [6.07, 6.45) is 2.71. The molecule has 31 heavy (non-hydrogen) atoms. The van der Waals surface area contributed by atoms with Gasteiger partial charge >= 0.3 is 0 Å². The lowest BCUT2D eigenvalue weighted by molar-refractivity contribution is 0.0960. The number of fused-ring (bicyclic) bond motifs is 1. The summed E-state index contributed by atoms with van der Waals surface area (Å²) in [5, 5.41) is 8.85. The van der Waals surface area contributed by atoms with E-state index in [1.807, 2.05) is 47.1 Å². The van der Waals surface area contributed by atoms with Gasteiger partial charge in [-0.1, -0.05) is 17.7 Å². The maximum absolute atomic E-state index is 13.3. The number of aromatic nitrogens is 2. The highest BCUT2D eigenvalue weighted by atomic mass is 35.5. The Labute approximate surface area is 185 Å². The summed E-state index contributed by atoms with van der Waals surface area (Å²) in [7, 11) is 0. The molecule has 1 atom stereocenters. The van der Waals surface area contributed by atoms with Crippen LogP contribution in [-0.4, -0.2) is 15.6 Å². The van der Waals surface area contributed by atoms with Crippen LogP contribution >= 0.6 is 11.6 Å². The van der Waals surface area contributed by atoms with E-state index in [1.54, 1.807) is 6.26 Å². The van der Waals surface area contributed by atoms with E-state index in [-0.39, 0.29) is 11.7 Å². The molecule has 0 saturated heterocycles. The molecule has 1 unspecified atom stereocenters. The summed E-state index contributed by atoms with van der Waals surface area (Å²) in [6, 6.07) is 17.4. The number of furan rings is 1. The van der Waals surface area contributed by atoms with Crippen molar-refractivity contribution in [2.45, 2.75) is 32.6 Å². The summed E-state index contributed by atoms with van der Waals surface area (Å²) in [5.74, 6) is 1.46. The van der Waals surface area contributed by atoms with Gasteiger partial charge in [0.2, 0.25) is 0 Å². The number of rotatable bonds is 4. The minimum Gasteiger partial charge on any atom is -0.469 e. The first kappa shape index (κ1) is 19.6. The van der Waals surface area contributed by atoms with Crippen LogP contribution in [0.1, 0.15) is 45.3 Å². The van der Waals surface area contributed by atoms with Crippen LogP contribution < -0.4 is 5.32 Å². The number of benzene rings is 2. The monoisotopic (exact) mass is 431 g/mol. The highest BCUT2D eigenvalue weighted by molar-refractivity contribution is 6.30. The van der Waals surface area contributed by atoms with Crippen LogP contribution in [0.25, 0.3) is 5.69 Å². The fraction of sp³-hybridized carbons (Fsp3) is 0.200. The molecule has 0 radical (unpaired) electrons. The van der Waals surface area contributed by atoms with Gasteiger partial charge in [0.1, 0.15) is 5.76 Å². The van der Waals surface area contributed by atoms with Crippen molar-refractivity contribution in [1.82, 2.24) is 9.78 Å². The van der Waals surface area contributed by atoms with Gasteiger partial charge in [-0.3, -0.25) is 4.79 Å². The third-order valence-electron chi connectivity index (χ3n) is 5.92. The smallest absolute Gasteiger partial charge is 0.169 e. The summed E-state index contributed by atoms with van der Waals surface area (Å²) in [5.41, 5.74) is 5.70. The van der Waals surface area contributed by atoms with E-state index in [0.717, 1.165) is 22.8 Å². The number of Topliss-reactive ketones (excluding diaryl/α,β-unsaturated/α-hetero) is 1. The van der Waals surface area contributed by atoms with Crippen molar-refractivity contribution < 1.29 is 9.21 Å². The quantitative estimate of drug-likeness (QED) is 0.406. The molecule has 0 spiro atoms. The first-order valence-electron chi connectivity index (χ1n) is 10.3. The molecule has 2 heterocycles. The van der Waals surface area contributed by atoms with E-state index < -0.39 is 0 Å². The molecule has 4 aromatic rings. The Bertz CT molecular complexity index is 1260. The van der Waals surface area contributed by atoms with Crippen molar-refractivity contribution in [3.63, 3.8) is 0 Å². The van der Waals surface area contributed by atoms with E-state index in [1.165, 1.54) is 11.1 Å². The van der Waals surface area contributed by atoms with Crippen LogP contribution in [0.4, 0.5) is 11.5 Å². The van der Waals surface area contributed by atoms with Gasteiger partial charge in [0.15, 0.2) is 11.6 Å². The second-order valence-electron chi connectivity index (χ2n) is 8.03. The van der Waals surface area contributed by atoms with Crippen molar-refractivity contribution in [3.05, 3.63) is 94.0 Å². The van der Waals surface area contributed by atoms with E-state index in [0.29, 0.717) is 29.2 Å². The topological polar surface area (TPSA) is 60.1 Å². The first-order valence-corrected chi connectivity index (χ1v) is 10.7. The molecular formula is C25H22ClN3O2. The lowest BCUT2D eigenvalue weighted by Gasteiger charge is -2.21. The zero-order valence-electron chi connectivity index (χ0n) is 17.4. The first-order chi connectivity index (χ1) is 15.0. The number of hydrogen-bond acceptors (Lipinski definition) is 4. The van der Waals surface area contributed by atoms with Crippen molar-refractivity contribution in [3.8, 4) is 5.69 Å². The second-order valence-corrected chi connectivity index (χ2v) is 8.46. The molecule has 0 saturated carbocycles. The molecule has 0 aliphatic heterocycles. The maximum Gasteiger partial charge on any atom is 0.169 e. The van der Waals surface area contributed by atoms with Gasteiger partial charge in [-0.25, -0.2) is 4.68 Å². The third kappa shape index (κ3) is 3.66. The molecule has 1 N–H and O–H groups in total. The molecule has 2 aromatic carbocycles. The summed E-state index contributed by atoms with van der Waals surface area (Å²) in [4.78, 5) is 13.3. The number of carbonyl (C=O) groups is 1. The van der Waals surface area contributed by atoms with Crippen LogP contribution in [0.5, 0.6) is 0 Å². The Kier molecular flexibility index (Phi) is 4.91. The Morgan fingerprint density at radius 2 is 1.87 bits per heavy atom. The molecular weight excluding hydrogens is 410 g/mol. The number of hydrogen-bond donors (Lipinski definition) is 1. The highest BCUT2D eigenvalue weighted by Crippen LogP contribution is 2.38. The van der Waals surface area contributed by atoms with Crippen LogP contribution in [0.15, 0.2) is 65.3 Å². The van der Waals surface area contributed by atoms with E-state index in [4.69, 9.17) is 21.1 Å². The van der Waals surface area contributed by atoms with Gasteiger partial charge in [0.05, 0.1) is 23.2 Å². The maximum atomic E-state index is 13.3. The lowest BCUT2D eigenvalue weighted by atomic mass is 9.85. The van der Waals surface area contributed by atoms with Crippen molar-refractivity contribution in [2.75, 3.05) is 5.32 Å². The number of nitrogens with zero attached hydrogens (tertiary/aromatic N) is 2. The standard InChI is InChI=1S/C25H22ClN3O2/c1-15-5-8-19(12-16(15)2)27-25-24-21(29(28-25)20-9-6-18(26)7-10-20)13-17(14-22(24)30)23-4-3-11-31-23/h3-12,17H,13-14H2,1-2H3,(H,27,28). The van der Waals surface area contributed by atoms with Gasteiger partial charge < -0.3 is 9.73 Å². The summed E-state index contributed by atoms with van der Waals surface area (Å²) in [6.45, 7) is 4.15. The van der Waals surface area contributed by atoms with E-state index >= 15 is 0 Å². The number of nitrogens with one attached hydrogen (secondary N) is 1. The van der Waals surface area contributed by atoms with Crippen LogP contribution in [0.3, 0.4) is 0 Å². The molecule has 1 aliphatic carbocycles. The van der Waals surface area contributed by atoms with Crippen LogP contribution in [0, 0.1) is 13.8 Å². The zero-order valence-corrected chi connectivity index (χ0v) is 18.1. The van der Waals surface area contributed by atoms with Crippen molar-refractivity contribution >= 4 is 28.9 Å². The predicted octanol–water partition coefficient (Wildman–Crippen LogP) is 6.39. The number of halogens is 1. The second kappa shape index (κ2) is 7.75. The number of carbonyl (C=O) groups excluding carboxylic acids is 1. The third-order valence-corrected chi connectivity index (χ3v) is 6.17. The SMILES string of the molecule is Cc1ccc(Nc2nn(-c3ccc(Cl)cc3)c3c2C(=O)CC(c2ccco2)C3)cc1C. The Morgan fingerprint density at radius 1 is 1.06 bits per heavy atom. The predicted molar refractivity (Wildman–Crippen MR) is 122 cm³/mol. The Balaban J connectivity index is 1.61. The van der Waals surface area contributed by atoms with E-state index in [9.17, 15) is 4.79 Å². The van der Waals surface area contributed by atoms with Crippen LogP contribution in [0.2, 0.25) is 5.02 Å². The Morgan fingerprint density at radius 3 is 2.58 bits per heavy atom. The average molecular weight is 432 g/mol. The number of aryl methyl sites for hydroxylation is 2. The van der Waals surface area contributed by atoms with E-state index in [2.05, 4.69) is 31.3 Å².